The highest BCUT2D eigenvalue weighted by atomic mass is 16.2. The lowest BCUT2D eigenvalue weighted by Crippen LogP contribution is -2.37. The summed E-state index contributed by atoms with van der Waals surface area (Å²) < 4.78 is 0. The van der Waals surface area contributed by atoms with Gasteiger partial charge in [0.2, 0.25) is 23.6 Å². The Kier molecular flexibility index (Phi) is 10.3. The zero-order chi connectivity index (χ0) is 60.5. The minimum Gasteiger partial charge on any atom is -0.274 e. The van der Waals surface area contributed by atoms with Crippen LogP contribution in [0.15, 0.2) is 255 Å². The van der Waals surface area contributed by atoms with Crippen molar-refractivity contribution in [1.82, 2.24) is 0 Å². The number of rotatable bonds is 6. The molecule has 2 saturated carbocycles. The number of anilines is 2. The van der Waals surface area contributed by atoms with Crippen LogP contribution in [0.3, 0.4) is 0 Å². The van der Waals surface area contributed by atoms with Crippen LogP contribution in [-0.2, 0) is 19.2 Å². The molecule has 12 aromatic carbocycles. The molecule has 24 rings (SSSR count). The second-order valence-corrected chi connectivity index (χ2v) is 27.5. The molecule has 436 valence electrons. The molecule has 12 atom stereocenters. The first-order chi connectivity index (χ1) is 45.4. The minimum absolute atomic E-state index is 0.0959. The van der Waals surface area contributed by atoms with Gasteiger partial charge in [-0.3, -0.25) is 29.0 Å². The maximum absolute atomic E-state index is 15.8. The quantitative estimate of drug-likeness (QED) is 0.156. The third-order valence-electron chi connectivity index (χ3n) is 23.9. The zero-order valence-electron chi connectivity index (χ0n) is 50.1. The van der Waals surface area contributed by atoms with Crippen molar-refractivity contribution >= 4 is 56.5 Å². The van der Waals surface area contributed by atoms with Gasteiger partial charge in [-0.1, -0.05) is 231 Å². The number of hydrogen-bond donors (Lipinski definition) is 0. The van der Waals surface area contributed by atoms with Crippen LogP contribution in [0.2, 0.25) is 0 Å². The van der Waals surface area contributed by atoms with Crippen molar-refractivity contribution in [3.63, 3.8) is 0 Å². The average molecular weight is 1180 g/mol. The number of nitrogens with zero attached hydrogens (tertiary/aromatic N) is 2. The lowest BCUT2D eigenvalue weighted by Gasteiger charge is -2.50. The normalized spacial score (nSPS) is 25.8. The molecule has 4 fully saturated rings. The molecule has 0 aromatic heterocycles. The summed E-state index contributed by atoms with van der Waals surface area (Å²) in [5.74, 6) is -3.46. The number of carbonyl (C=O) groups is 4. The highest BCUT2D eigenvalue weighted by molar-refractivity contribution is 6.25. The first-order valence-corrected chi connectivity index (χ1v) is 33.0. The van der Waals surface area contributed by atoms with Crippen LogP contribution >= 0.6 is 0 Å². The van der Waals surface area contributed by atoms with Crippen LogP contribution in [0.4, 0.5) is 11.4 Å². The molecule has 12 aromatic rings. The molecule has 6 heteroatoms. The van der Waals surface area contributed by atoms with Crippen LogP contribution in [0.1, 0.15) is 127 Å². The van der Waals surface area contributed by atoms with Gasteiger partial charge in [-0.15, -0.1) is 0 Å². The van der Waals surface area contributed by atoms with E-state index in [1.165, 1.54) is 99.4 Å². The summed E-state index contributed by atoms with van der Waals surface area (Å²) in [7, 11) is 0. The van der Waals surface area contributed by atoms with Crippen LogP contribution in [0, 0.1) is 23.7 Å². The highest BCUT2D eigenvalue weighted by Crippen LogP contribution is 2.71. The van der Waals surface area contributed by atoms with E-state index in [4.69, 9.17) is 0 Å². The molecule has 6 nitrogen and oxygen atoms in total. The third-order valence-corrected chi connectivity index (χ3v) is 23.9. The van der Waals surface area contributed by atoms with Crippen molar-refractivity contribution in [2.45, 2.75) is 60.2 Å². The summed E-state index contributed by atoms with van der Waals surface area (Å²) in [6.07, 6.45) is 1.53. The number of benzene rings is 12. The van der Waals surface area contributed by atoms with E-state index in [2.05, 4.69) is 255 Å². The lowest BCUT2D eigenvalue weighted by atomic mass is 9.53. The van der Waals surface area contributed by atoms with Crippen molar-refractivity contribution in [3.05, 3.63) is 322 Å². The van der Waals surface area contributed by atoms with Gasteiger partial charge in [0.1, 0.15) is 0 Å². The van der Waals surface area contributed by atoms with Crippen LogP contribution in [0.5, 0.6) is 0 Å². The summed E-state index contributed by atoms with van der Waals surface area (Å²) >= 11 is 0. The number of amides is 4. The smallest absolute Gasteiger partial charge is 0.238 e. The van der Waals surface area contributed by atoms with Gasteiger partial charge in [-0.2, -0.15) is 0 Å². The number of imide groups is 2. The Morgan fingerprint density at radius 3 is 0.739 bits per heavy atom. The van der Waals surface area contributed by atoms with E-state index in [9.17, 15) is 0 Å². The topological polar surface area (TPSA) is 74.8 Å². The van der Waals surface area contributed by atoms with Crippen molar-refractivity contribution in [2.24, 2.45) is 23.7 Å². The van der Waals surface area contributed by atoms with E-state index >= 15 is 19.2 Å². The van der Waals surface area contributed by atoms with E-state index in [-0.39, 0.29) is 71.0 Å². The molecule has 12 aliphatic rings. The van der Waals surface area contributed by atoms with Gasteiger partial charge < -0.3 is 0 Å². The Labute approximate surface area is 532 Å². The fraction of sp³-hybridized carbons (Fsp3) is 0.163. The van der Waals surface area contributed by atoms with Gasteiger partial charge >= 0.3 is 0 Å². The van der Waals surface area contributed by atoms with E-state index < -0.39 is 23.7 Å². The highest BCUT2D eigenvalue weighted by Gasteiger charge is 2.66. The predicted molar refractivity (Wildman–Crippen MR) is 362 cm³/mol. The van der Waals surface area contributed by atoms with Gasteiger partial charge in [0, 0.05) is 23.7 Å². The van der Waals surface area contributed by atoms with Gasteiger partial charge in [-0.05, 0) is 194 Å². The molecule has 0 spiro atoms. The summed E-state index contributed by atoms with van der Waals surface area (Å²) in [6.45, 7) is 0. The lowest BCUT2D eigenvalue weighted by molar-refractivity contribution is -0.124. The van der Waals surface area contributed by atoms with Crippen LogP contribution in [-0.4, -0.2) is 23.6 Å². The van der Waals surface area contributed by atoms with E-state index in [1.54, 1.807) is 9.80 Å². The summed E-state index contributed by atoms with van der Waals surface area (Å²) in [5, 5.41) is 4.68. The molecule has 0 unspecified atom stereocenters. The first kappa shape index (κ1) is 51.2. The second-order valence-electron chi connectivity index (χ2n) is 27.5. The van der Waals surface area contributed by atoms with E-state index in [0.717, 1.165) is 46.2 Å². The SMILES string of the molecule is O=C1[C@@H]2[C@H](C(=O)N1c1ccc3c(c1)[C@H]1c4ccccc4[C@@H]3[C@H]3c4ccccc4[C@@H]1c1ccc(N4C(=O)[C@@H]5[C@H](C4=O)[C@H]4C[C@@H]5c5c4c(-c4ccccc4)c4ccccc4c5-c4ccccc4)cc13)[C@H]1C[C@@H]2c2c1c(-c1ccccc1)c1ccccc1c2-c1ccccc1. The molecule has 92 heavy (non-hydrogen) atoms. The Bertz CT molecular complexity index is 4760. The van der Waals surface area contributed by atoms with Crippen molar-refractivity contribution < 1.29 is 19.2 Å². The monoisotopic (exact) mass is 1180 g/mol. The molecule has 0 radical (unpaired) electrons. The van der Waals surface area contributed by atoms with E-state index in [1.807, 2.05) is 0 Å². The van der Waals surface area contributed by atoms with Gasteiger partial charge in [-0.25, -0.2) is 0 Å². The molecule has 10 aliphatic carbocycles. The third kappa shape index (κ3) is 6.44. The fourth-order valence-electron chi connectivity index (χ4n) is 20.9. The first-order valence-electron chi connectivity index (χ1n) is 33.0. The largest absolute Gasteiger partial charge is 0.274 e. The van der Waals surface area contributed by atoms with Crippen LogP contribution < -0.4 is 9.80 Å². The molecular formula is C86H58N2O4. The maximum Gasteiger partial charge on any atom is 0.238 e. The Morgan fingerprint density at radius 2 is 0.467 bits per heavy atom. The van der Waals surface area contributed by atoms with Gasteiger partial charge in [0.05, 0.1) is 35.0 Å². The summed E-state index contributed by atoms with van der Waals surface area (Å²) in [6, 6.07) is 90.9. The Balaban J connectivity index is 0.680. The molecule has 2 saturated heterocycles. The second kappa shape index (κ2) is 18.5. The molecule has 0 N–H and O–H groups in total. The Hall–Kier alpha value is -10.6. The molecule has 2 aliphatic heterocycles. The summed E-state index contributed by atoms with van der Waals surface area (Å²) in [5.41, 5.74) is 25.2. The van der Waals surface area contributed by atoms with E-state index in [0.29, 0.717) is 11.4 Å². The van der Waals surface area contributed by atoms with Gasteiger partial charge in [0.25, 0.3) is 0 Å². The number of fused-ring (bicyclic) bond motifs is 18. The molecule has 2 heterocycles. The summed E-state index contributed by atoms with van der Waals surface area (Å²) in [4.78, 5) is 66.2. The zero-order valence-corrected chi connectivity index (χ0v) is 50.1. The minimum atomic E-state index is -0.478. The predicted octanol–water partition coefficient (Wildman–Crippen LogP) is 18.3. The Morgan fingerprint density at radius 1 is 0.239 bits per heavy atom. The molecule has 8 bridgehead atoms. The number of carbonyl (C=O) groups excluding carboxylic acids is 4. The number of hydrogen-bond acceptors (Lipinski definition) is 4. The average Bonchev–Trinajstić information content (AvgIpc) is 1.42. The standard InChI is InChI=1S/C86H58N2O4/c89-83-79-63-43-64(76-68(46-23-7-2-8-24-46)52-30-14-13-29-51(52)67(75(63)76)45-21-5-1-6-22-45)80(79)84(90)87(83)49-37-39-59-61(41-49)73-57-35-19-17-33-55(57)71(59)74-58-36-20-18-34-56(58)72(73)60-40-38-50(42-62(60)74)88-85(91)81-65-44-66(82(81)86(88)92)78-70(48-27-11-4-12-28-48)54-32-16-15-31-53(54)69(77(65)78)47-25-9-3-10-26-47/h1-42,63-66,71-74,79-82H,43-44H2/t63-,64+,65-,66+,71-,72+,73+,74-,79+,80-,81+,82-. The maximum atomic E-state index is 15.8. The van der Waals surface area contributed by atoms with Crippen molar-refractivity contribution in [3.8, 4) is 44.5 Å². The van der Waals surface area contributed by atoms with Crippen LogP contribution in [0.25, 0.3) is 66.1 Å². The molecular weight excluding hydrogens is 1120 g/mol. The fourth-order valence-corrected chi connectivity index (χ4v) is 20.9. The van der Waals surface area contributed by atoms with Gasteiger partial charge in [0.15, 0.2) is 0 Å². The van der Waals surface area contributed by atoms with Crippen molar-refractivity contribution in [2.75, 3.05) is 9.80 Å². The van der Waals surface area contributed by atoms with Crippen molar-refractivity contribution in [1.29, 1.82) is 0 Å². The molecule has 4 amide bonds.